The van der Waals surface area contributed by atoms with Crippen LogP contribution in [-0.2, 0) is 78.0 Å². The number of carbonyl (C=O) groups excluding carboxylic acids is 2. The smallest absolute Gasteiger partial charge is 0.445 e. The molecule has 2 atom stereocenters. The molecule has 2 aromatic carbocycles. The fourth-order valence-electron chi connectivity index (χ4n) is 8.74. The highest BCUT2D eigenvalue weighted by Crippen LogP contribution is 2.40. The zero-order valence-corrected chi connectivity index (χ0v) is 44.7. The number of aromatic nitrogens is 4. The quantitative estimate of drug-likeness (QED) is 0.117. The third kappa shape index (κ3) is 13.9. The highest BCUT2D eigenvalue weighted by Gasteiger charge is 2.52. The number of nitrogens with zero attached hydrogens (tertiary/aromatic N) is 8. The molecule has 0 aliphatic carbocycles. The van der Waals surface area contributed by atoms with Crippen LogP contribution in [0.1, 0.15) is 79.9 Å². The molecule has 0 N–H and O–H groups in total. The zero-order valence-electron chi connectivity index (χ0n) is 42.3. The Labute approximate surface area is 437 Å². The van der Waals surface area contributed by atoms with Crippen molar-refractivity contribution in [3.8, 4) is 0 Å². The lowest BCUT2D eigenvalue weighted by molar-refractivity contribution is 0.00578. The van der Waals surface area contributed by atoms with E-state index >= 15 is 0 Å². The monoisotopic (exact) mass is 1080 g/mol. The Hall–Kier alpha value is -5.43. The molecule has 18 nitrogen and oxygen atoms in total. The minimum absolute atomic E-state index is 0.104. The Morgan fingerprint density at radius 1 is 0.689 bits per heavy atom. The van der Waals surface area contributed by atoms with E-state index in [1.165, 1.54) is 43.6 Å². The lowest BCUT2D eigenvalue weighted by atomic mass is 9.75. The fraction of sp³-hybridized carbons (Fsp3) is 0.480. The van der Waals surface area contributed by atoms with Gasteiger partial charge in [-0.2, -0.15) is 8.61 Å². The van der Waals surface area contributed by atoms with E-state index in [0.29, 0.717) is 61.5 Å². The van der Waals surface area contributed by atoms with Gasteiger partial charge in [0.1, 0.15) is 44.4 Å². The van der Waals surface area contributed by atoms with E-state index in [0.717, 1.165) is 27.7 Å². The normalized spacial score (nSPS) is 20.6. The van der Waals surface area contributed by atoms with Gasteiger partial charge in [0.25, 0.3) is 0 Å². The van der Waals surface area contributed by atoms with Crippen LogP contribution in [0.4, 0.5) is 18.4 Å². The second-order valence-electron chi connectivity index (χ2n) is 19.4. The van der Waals surface area contributed by atoms with Crippen LogP contribution in [0.25, 0.3) is 5.57 Å². The van der Waals surface area contributed by atoms with Gasteiger partial charge in [-0.05, 0) is 62.7 Å². The summed E-state index contributed by atoms with van der Waals surface area (Å²) in [5, 5.41) is 0.285. The van der Waals surface area contributed by atoms with E-state index in [1.807, 2.05) is 101 Å². The van der Waals surface area contributed by atoms with Crippen molar-refractivity contribution in [1.29, 1.82) is 0 Å². The third-order valence-corrected chi connectivity index (χ3v) is 16.7. The Kier molecular flexibility index (Phi) is 18.3. The van der Waals surface area contributed by atoms with Crippen molar-refractivity contribution < 1.29 is 54.0 Å². The first-order chi connectivity index (χ1) is 35.1. The summed E-state index contributed by atoms with van der Waals surface area (Å²) in [6.45, 7) is 8.74. The van der Waals surface area contributed by atoms with Gasteiger partial charge < -0.3 is 18.8 Å². The number of hydrogen-bond acceptors (Lipinski definition) is 14. The first kappa shape index (κ1) is 56.3. The highest BCUT2D eigenvalue weighted by molar-refractivity contribution is 7.88. The van der Waals surface area contributed by atoms with Crippen molar-refractivity contribution in [2.45, 2.75) is 103 Å². The molecule has 24 heteroatoms. The summed E-state index contributed by atoms with van der Waals surface area (Å²) < 4.78 is 99.1. The van der Waals surface area contributed by atoms with E-state index < -0.39 is 57.7 Å². The molecule has 7 heterocycles. The summed E-state index contributed by atoms with van der Waals surface area (Å²) >= 11 is 6.05. The summed E-state index contributed by atoms with van der Waals surface area (Å²) in [5.74, 6) is 0. The van der Waals surface area contributed by atoms with Crippen molar-refractivity contribution in [1.82, 2.24) is 38.3 Å². The second-order valence-corrected chi connectivity index (χ2v) is 23.8. The molecule has 0 bridgehead atoms. The van der Waals surface area contributed by atoms with E-state index in [9.17, 15) is 35.2 Å². The van der Waals surface area contributed by atoms with Gasteiger partial charge in [0.2, 0.25) is 20.0 Å². The summed E-state index contributed by atoms with van der Waals surface area (Å²) in [6.07, 6.45) is 9.54. The topological polar surface area (TPSA) is 204 Å². The van der Waals surface area contributed by atoms with Crippen LogP contribution in [0.3, 0.4) is 0 Å². The number of amides is 2. The van der Waals surface area contributed by atoms with Gasteiger partial charge in [-0.25, -0.2) is 55.1 Å². The average Bonchev–Trinajstić information content (AvgIpc) is 3.62. The molecule has 0 radical (unpaired) electrons. The molecule has 4 aromatic rings. The van der Waals surface area contributed by atoms with Crippen LogP contribution < -0.4 is 0 Å². The van der Waals surface area contributed by atoms with Gasteiger partial charge in [0, 0.05) is 50.1 Å². The maximum Gasteiger partial charge on any atom is 0.490 e. The predicted molar refractivity (Wildman–Crippen MR) is 275 cm³/mol. The first-order valence-electron chi connectivity index (χ1n) is 24.1. The molecule has 9 rings (SSSR count). The Morgan fingerprint density at radius 2 is 1.15 bits per heavy atom. The van der Waals surface area contributed by atoms with Crippen LogP contribution in [0.5, 0.6) is 0 Å². The SMILES string of the molecule is CC1(C)OB(C2=CCN(S(C)(=O)=O)CC2)OC1(C)C.CS(=O)(=O)N1CC=C(c2ncnc3c2CN(C(=O)OCc2ccccc2)C(CF)C3)CC1.O=C(OCc1ccccc1)N1Cc2c(Cl)ncnc2CC1CF. The number of hydrogen-bond donors (Lipinski definition) is 0. The molecule has 74 heavy (non-hydrogen) atoms. The maximum atomic E-state index is 13.8. The molecule has 398 valence electrons. The number of ether oxygens (including phenoxy) is 2. The number of sulfonamides is 2. The van der Waals surface area contributed by atoms with E-state index in [2.05, 4.69) is 19.9 Å². The summed E-state index contributed by atoms with van der Waals surface area (Å²) in [4.78, 5) is 44.6. The lowest BCUT2D eigenvalue weighted by Gasteiger charge is -2.35. The van der Waals surface area contributed by atoms with Crippen LogP contribution >= 0.6 is 11.6 Å². The number of fused-ring (bicyclic) bond motifs is 2. The van der Waals surface area contributed by atoms with Gasteiger partial charge in [-0.3, -0.25) is 9.80 Å². The van der Waals surface area contributed by atoms with Gasteiger partial charge >= 0.3 is 19.3 Å². The second kappa shape index (κ2) is 24.1. The van der Waals surface area contributed by atoms with Crippen LogP contribution in [0.2, 0.25) is 5.15 Å². The van der Waals surface area contributed by atoms with Crippen LogP contribution in [0.15, 0.2) is 90.9 Å². The molecule has 0 saturated carbocycles. The summed E-state index contributed by atoms with van der Waals surface area (Å²) in [7, 11) is -6.73. The maximum absolute atomic E-state index is 13.8. The molecule has 5 aliphatic heterocycles. The molecule has 2 aromatic heterocycles. The van der Waals surface area contributed by atoms with Crippen molar-refractivity contribution in [2.24, 2.45) is 0 Å². The van der Waals surface area contributed by atoms with Gasteiger partial charge in [-0.1, -0.05) is 84.4 Å². The molecule has 0 spiro atoms. The van der Waals surface area contributed by atoms with Crippen LogP contribution in [-0.4, -0.2) is 150 Å². The van der Waals surface area contributed by atoms with Gasteiger partial charge in [0.15, 0.2) is 0 Å². The minimum atomic E-state index is -3.26. The third-order valence-electron chi connectivity index (χ3n) is 13.8. The molecular formula is C50H62BClF2N8O10S2. The molecule has 1 fully saturated rings. The molecule has 2 amide bonds. The van der Waals surface area contributed by atoms with Gasteiger partial charge in [0.05, 0.1) is 66.0 Å². The van der Waals surface area contributed by atoms with E-state index in [4.69, 9.17) is 30.4 Å². The first-order valence-corrected chi connectivity index (χ1v) is 28.2. The molecular weight excluding hydrogens is 1020 g/mol. The highest BCUT2D eigenvalue weighted by atomic mass is 35.5. The van der Waals surface area contributed by atoms with Crippen molar-refractivity contribution in [3.05, 3.63) is 135 Å². The van der Waals surface area contributed by atoms with Crippen LogP contribution in [0, 0.1) is 0 Å². The number of halogens is 3. The number of carbonyl (C=O) groups is 2. The Morgan fingerprint density at radius 3 is 1.59 bits per heavy atom. The molecule has 5 aliphatic rings. The average molecular weight is 1080 g/mol. The zero-order chi connectivity index (χ0) is 53.4. The number of benzene rings is 2. The number of alkyl halides is 2. The lowest BCUT2D eigenvalue weighted by Crippen LogP contribution is -2.46. The largest absolute Gasteiger partial charge is 0.490 e. The minimum Gasteiger partial charge on any atom is -0.445 e. The molecule has 1 saturated heterocycles. The Balaban J connectivity index is 0.000000169. The van der Waals surface area contributed by atoms with Crippen molar-refractivity contribution in [3.63, 3.8) is 0 Å². The van der Waals surface area contributed by atoms with E-state index in [1.54, 1.807) is 0 Å². The van der Waals surface area contributed by atoms with Gasteiger partial charge in [-0.15, -0.1) is 0 Å². The summed E-state index contributed by atoms with van der Waals surface area (Å²) in [6, 6.07) is 17.4. The summed E-state index contributed by atoms with van der Waals surface area (Å²) in [5.41, 5.74) is 6.43. The molecule has 2 unspecified atom stereocenters. The number of rotatable bonds is 10. The van der Waals surface area contributed by atoms with E-state index in [-0.39, 0.29) is 62.7 Å². The van der Waals surface area contributed by atoms with Crippen molar-refractivity contribution in [2.75, 3.05) is 52.0 Å². The fourth-order valence-corrected chi connectivity index (χ4v) is 10.5. The Bertz CT molecular complexity index is 2910. The standard InChI is InChI=1S/C22H25FN4O4S.C16H15ClFN3O2.C12H22BNO4S/c1-32(29,30)26-9-7-17(8-10-26)21-19-13-27(18(12-23)11-20(19)24-15-25-21)22(28)31-14-16-5-3-2-4-6-16;17-15-13-8-21(12(7-18)6-14(13)19-10-20-15)16(22)23-9-11-4-2-1-3-5-11;1-11(2)12(3,4)18-13(17-11)10-6-8-14(9-7-10)19(5,15)16/h2-7,15,18H,8-14H2,1H3;1-5,10,12H,6-9H2;6H,7-9H2,1-5H3. The van der Waals surface area contributed by atoms with Crippen molar-refractivity contribution >= 4 is 56.5 Å². The predicted octanol–water partition coefficient (Wildman–Crippen LogP) is 6.93.